The molecule has 0 unspecified atom stereocenters. The van der Waals surface area contributed by atoms with E-state index in [1.165, 1.54) is 28.6 Å². The summed E-state index contributed by atoms with van der Waals surface area (Å²) in [6, 6.07) is 8.87. The highest BCUT2D eigenvalue weighted by Crippen LogP contribution is 2.20. The molecule has 8 nitrogen and oxygen atoms in total. The molecule has 2 aromatic rings. The number of anilines is 1. The molecule has 24 heavy (non-hydrogen) atoms. The van der Waals surface area contributed by atoms with Crippen molar-refractivity contribution >= 4 is 21.8 Å². The maximum Gasteiger partial charge on any atom is 0.335 e. The molecule has 0 amide bonds. The molecule has 1 aliphatic rings. The summed E-state index contributed by atoms with van der Waals surface area (Å²) in [5, 5.41) is 16.7. The smallest absolute Gasteiger partial charge is 0.335 e. The topological polar surface area (TPSA) is 104 Å². The fourth-order valence-electron chi connectivity index (χ4n) is 2.54. The Morgan fingerprint density at radius 1 is 1.04 bits per heavy atom. The molecular formula is C15H16N4O4S. The Morgan fingerprint density at radius 2 is 1.71 bits per heavy atom. The van der Waals surface area contributed by atoms with Crippen molar-refractivity contribution < 1.29 is 18.3 Å². The predicted octanol–water partition coefficient (Wildman–Crippen LogP) is 0.686. The van der Waals surface area contributed by atoms with Crippen molar-refractivity contribution in [3.05, 3.63) is 48.2 Å². The van der Waals surface area contributed by atoms with E-state index in [2.05, 4.69) is 10.2 Å². The minimum atomic E-state index is -3.63. The van der Waals surface area contributed by atoms with Crippen molar-refractivity contribution in [2.45, 2.75) is 4.90 Å². The maximum atomic E-state index is 12.6. The van der Waals surface area contributed by atoms with Crippen LogP contribution in [0.4, 0.5) is 5.82 Å². The average Bonchev–Trinajstić information content (AvgIpc) is 2.62. The largest absolute Gasteiger partial charge is 0.478 e. The van der Waals surface area contributed by atoms with Crippen molar-refractivity contribution in [1.29, 1.82) is 0 Å². The van der Waals surface area contributed by atoms with Crippen LogP contribution in [0.1, 0.15) is 10.4 Å². The lowest BCUT2D eigenvalue weighted by Crippen LogP contribution is -2.48. The summed E-state index contributed by atoms with van der Waals surface area (Å²) in [6.45, 7) is 1.70. The van der Waals surface area contributed by atoms with Gasteiger partial charge in [0.1, 0.15) is 0 Å². The van der Waals surface area contributed by atoms with Gasteiger partial charge in [-0.1, -0.05) is 0 Å². The quantitative estimate of drug-likeness (QED) is 0.867. The van der Waals surface area contributed by atoms with Crippen molar-refractivity contribution in [3.63, 3.8) is 0 Å². The van der Waals surface area contributed by atoms with Gasteiger partial charge in [-0.25, -0.2) is 13.2 Å². The van der Waals surface area contributed by atoms with Crippen LogP contribution in [-0.2, 0) is 10.0 Å². The van der Waals surface area contributed by atoms with E-state index in [4.69, 9.17) is 5.11 Å². The van der Waals surface area contributed by atoms with Gasteiger partial charge in [0.2, 0.25) is 10.0 Å². The molecule has 126 valence electrons. The zero-order valence-electron chi connectivity index (χ0n) is 12.7. The molecule has 1 fully saturated rings. The van der Waals surface area contributed by atoms with Gasteiger partial charge >= 0.3 is 5.97 Å². The van der Waals surface area contributed by atoms with Crippen LogP contribution in [0, 0.1) is 0 Å². The molecule has 2 heterocycles. The number of nitrogens with zero attached hydrogens (tertiary/aromatic N) is 4. The van der Waals surface area contributed by atoms with E-state index >= 15 is 0 Å². The number of piperazine rings is 1. The molecule has 0 spiro atoms. The van der Waals surface area contributed by atoms with Gasteiger partial charge < -0.3 is 10.0 Å². The first-order valence-corrected chi connectivity index (χ1v) is 8.78. The Hall–Kier alpha value is -2.52. The zero-order valence-corrected chi connectivity index (χ0v) is 13.6. The van der Waals surface area contributed by atoms with Gasteiger partial charge in [0.25, 0.3) is 0 Å². The van der Waals surface area contributed by atoms with Crippen LogP contribution in [-0.4, -0.2) is 60.2 Å². The van der Waals surface area contributed by atoms with E-state index in [0.29, 0.717) is 26.2 Å². The van der Waals surface area contributed by atoms with Crippen molar-refractivity contribution in [2.24, 2.45) is 0 Å². The van der Waals surface area contributed by atoms with Gasteiger partial charge in [0.15, 0.2) is 5.82 Å². The third kappa shape index (κ3) is 3.22. The minimum Gasteiger partial charge on any atom is -0.478 e. The van der Waals surface area contributed by atoms with Crippen LogP contribution in [0.3, 0.4) is 0 Å². The van der Waals surface area contributed by atoms with Crippen molar-refractivity contribution in [1.82, 2.24) is 14.5 Å². The summed E-state index contributed by atoms with van der Waals surface area (Å²) in [7, 11) is -3.63. The summed E-state index contributed by atoms with van der Waals surface area (Å²) in [6.07, 6.45) is 1.59. The maximum absolute atomic E-state index is 12.6. The number of benzene rings is 1. The molecule has 3 rings (SSSR count). The number of hydrogen-bond donors (Lipinski definition) is 1. The number of sulfonamides is 1. The number of aromatic carboxylic acids is 1. The SMILES string of the molecule is O=C(O)c1ccc(S(=O)(=O)N2CCN(c3cccnn3)CC2)cc1. The average molecular weight is 348 g/mol. The molecule has 0 atom stereocenters. The van der Waals surface area contributed by atoms with Gasteiger partial charge in [-0.15, -0.1) is 5.10 Å². The summed E-state index contributed by atoms with van der Waals surface area (Å²) in [5.74, 6) is -0.364. The first-order valence-electron chi connectivity index (χ1n) is 7.34. The van der Waals surface area contributed by atoms with Gasteiger partial charge in [0.05, 0.1) is 10.5 Å². The highest BCUT2D eigenvalue weighted by Gasteiger charge is 2.29. The van der Waals surface area contributed by atoms with Crippen LogP contribution in [0.25, 0.3) is 0 Å². The third-order valence-corrected chi connectivity index (χ3v) is 5.77. The van der Waals surface area contributed by atoms with E-state index in [1.54, 1.807) is 12.3 Å². The monoisotopic (exact) mass is 348 g/mol. The number of aromatic nitrogens is 2. The van der Waals surface area contributed by atoms with Crippen molar-refractivity contribution in [2.75, 3.05) is 31.1 Å². The van der Waals surface area contributed by atoms with Crippen LogP contribution >= 0.6 is 0 Å². The molecule has 9 heteroatoms. The first-order chi connectivity index (χ1) is 11.5. The van der Waals surface area contributed by atoms with Crippen LogP contribution in [0.2, 0.25) is 0 Å². The lowest BCUT2D eigenvalue weighted by Gasteiger charge is -2.34. The van der Waals surface area contributed by atoms with Gasteiger partial charge in [-0.3, -0.25) is 0 Å². The van der Waals surface area contributed by atoms with Gasteiger partial charge in [-0.2, -0.15) is 9.40 Å². The van der Waals surface area contributed by atoms with E-state index in [0.717, 1.165) is 5.82 Å². The fraction of sp³-hybridized carbons (Fsp3) is 0.267. The van der Waals surface area contributed by atoms with Gasteiger partial charge in [0, 0.05) is 32.4 Å². The van der Waals surface area contributed by atoms with Crippen LogP contribution in [0.15, 0.2) is 47.5 Å². The first kappa shape index (κ1) is 16.3. The normalized spacial score (nSPS) is 16.1. The van der Waals surface area contributed by atoms with Crippen LogP contribution < -0.4 is 4.90 Å². The number of carbonyl (C=O) groups is 1. The molecule has 0 aliphatic carbocycles. The molecule has 1 saturated heterocycles. The lowest BCUT2D eigenvalue weighted by atomic mass is 10.2. The van der Waals surface area contributed by atoms with E-state index < -0.39 is 16.0 Å². The van der Waals surface area contributed by atoms with E-state index in [9.17, 15) is 13.2 Å². The molecule has 1 N–H and O–H groups in total. The van der Waals surface area contributed by atoms with E-state index in [1.807, 2.05) is 11.0 Å². The predicted molar refractivity (Wildman–Crippen MR) is 86.4 cm³/mol. The Morgan fingerprint density at radius 3 is 2.25 bits per heavy atom. The summed E-state index contributed by atoms with van der Waals surface area (Å²) < 4.78 is 26.7. The molecule has 0 radical (unpaired) electrons. The zero-order chi connectivity index (χ0) is 17.2. The second-order valence-corrected chi connectivity index (χ2v) is 7.24. The van der Waals surface area contributed by atoms with Crippen molar-refractivity contribution in [3.8, 4) is 0 Å². The van der Waals surface area contributed by atoms with Gasteiger partial charge in [-0.05, 0) is 36.4 Å². The fourth-order valence-corrected chi connectivity index (χ4v) is 3.96. The molecule has 0 saturated carbocycles. The highest BCUT2D eigenvalue weighted by atomic mass is 32.2. The lowest BCUT2D eigenvalue weighted by molar-refractivity contribution is 0.0696. The number of carboxylic acids is 1. The van der Waals surface area contributed by atoms with E-state index in [-0.39, 0.29) is 10.5 Å². The highest BCUT2D eigenvalue weighted by molar-refractivity contribution is 7.89. The molecule has 0 bridgehead atoms. The standard InChI is InChI=1S/C15H16N4O4S/c20-15(21)12-3-5-13(6-4-12)24(22,23)19-10-8-18(9-11-19)14-2-1-7-16-17-14/h1-7H,8-11H2,(H,20,21). The Balaban J connectivity index is 1.72. The third-order valence-electron chi connectivity index (χ3n) is 3.86. The van der Waals surface area contributed by atoms with Crippen LogP contribution in [0.5, 0.6) is 0 Å². The number of hydrogen-bond acceptors (Lipinski definition) is 6. The Labute approximate surface area is 139 Å². The number of rotatable bonds is 4. The molecule has 1 aromatic heterocycles. The summed E-state index contributed by atoms with van der Waals surface area (Å²) in [5.41, 5.74) is 0.0569. The second-order valence-electron chi connectivity index (χ2n) is 5.30. The Kier molecular flexibility index (Phi) is 4.45. The Bertz CT molecular complexity index is 816. The number of carboxylic acid groups (broad SMARTS) is 1. The second kappa shape index (κ2) is 6.54. The molecule has 1 aromatic carbocycles. The molecular weight excluding hydrogens is 332 g/mol. The minimum absolute atomic E-state index is 0.0569. The summed E-state index contributed by atoms with van der Waals surface area (Å²) in [4.78, 5) is 12.9. The molecule has 1 aliphatic heterocycles. The summed E-state index contributed by atoms with van der Waals surface area (Å²) >= 11 is 0.